The van der Waals surface area contributed by atoms with Gasteiger partial charge in [-0.15, -0.1) is 0 Å². The molecule has 3 aliphatic rings. The lowest BCUT2D eigenvalue weighted by Gasteiger charge is -2.57. The van der Waals surface area contributed by atoms with Crippen LogP contribution in [0.25, 0.3) is 0 Å². The molecule has 1 saturated heterocycles. The van der Waals surface area contributed by atoms with Crippen LogP contribution < -0.4 is 15.4 Å². The fourth-order valence-electron chi connectivity index (χ4n) is 5.03. The number of methoxy groups -OCH3 is 1. The highest BCUT2D eigenvalue weighted by molar-refractivity contribution is 5.80. The Morgan fingerprint density at radius 1 is 1.07 bits per heavy atom. The Labute approximate surface area is 172 Å². The van der Waals surface area contributed by atoms with Crippen molar-refractivity contribution in [2.45, 2.75) is 38.3 Å². The second-order valence-corrected chi connectivity index (χ2v) is 9.01. The Morgan fingerprint density at radius 3 is 2.34 bits per heavy atom. The lowest BCUT2D eigenvalue weighted by Crippen LogP contribution is -2.60. The monoisotopic (exact) mass is 400 g/mol. The van der Waals surface area contributed by atoms with Gasteiger partial charge in [0.1, 0.15) is 5.75 Å². The van der Waals surface area contributed by atoms with Crippen molar-refractivity contribution < 1.29 is 14.3 Å². The summed E-state index contributed by atoms with van der Waals surface area (Å²) in [6, 6.07) is 7.78. The van der Waals surface area contributed by atoms with Gasteiger partial charge < -0.3 is 25.2 Å². The van der Waals surface area contributed by atoms with Crippen molar-refractivity contribution in [3.8, 4) is 5.75 Å². The topological polar surface area (TPSA) is 73.9 Å². The predicted octanol–water partition coefficient (Wildman–Crippen LogP) is 1.83. The number of urea groups is 1. The summed E-state index contributed by atoms with van der Waals surface area (Å²) in [4.78, 5) is 29.1. The van der Waals surface area contributed by atoms with Crippen LogP contribution in [0.5, 0.6) is 5.75 Å². The van der Waals surface area contributed by atoms with E-state index in [1.165, 1.54) is 0 Å². The van der Waals surface area contributed by atoms with Gasteiger partial charge in [0.05, 0.1) is 7.11 Å². The molecular formula is C22H32N4O3. The van der Waals surface area contributed by atoms with Crippen molar-refractivity contribution in [3.05, 3.63) is 29.8 Å². The van der Waals surface area contributed by atoms with Gasteiger partial charge in [0, 0.05) is 44.7 Å². The number of carbonyl (C=O) groups is 2. The first-order valence-electron chi connectivity index (χ1n) is 10.6. The molecule has 1 heterocycles. The highest BCUT2D eigenvalue weighted by Crippen LogP contribution is 2.59. The van der Waals surface area contributed by atoms with Gasteiger partial charge in [-0.25, -0.2) is 4.79 Å². The van der Waals surface area contributed by atoms with Gasteiger partial charge in [0.2, 0.25) is 5.91 Å². The zero-order valence-electron chi connectivity index (χ0n) is 17.4. The molecule has 158 valence electrons. The summed E-state index contributed by atoms with van der Waals surface area (Å²) in [5.74, 6) is 1.35. The molecule has 29 heavy (non-hydrogen) atoms. The number of nitrogens with one attached hydrogen (secondary N) is 2. The number of amides is 3. The van der Waals surface area contributed by atoms with E-state index >= 15 is 0 Å². The third kappa shape index (κ3) is 4.50. The minimum atomic E-state index is -0.120. The average molecular weight is 401 g/mol. The minimum Gasteiger partial charge on any atom is -0.497 e. The Hall–Kier alpha value is -2.28. The molecule has 0 unspecified atom stereocenters. The van der Waals surface area contributed by atoms with Crippen LogP contribution in [0.3, 0.4) is 0 Å². The number of hydrogen-bond acceptors (Lipinski definition) is 4. The number of rotatable bonds is 5. The van der Waals surface area contributed by atoms with Crippen LogP contribution in [0.4, 0.5) is 4.79 Å². The summed E-state index contributed by atoms with van der Waals surface area (Å²) in [6.45, 7) is 4.16. The van der Waals surface area contributed by atoms with Gasteiger partial charge in [-0.2, -0.15) is 0 Å². The first-order valence-corrected chi connectivity index (χ1v) is 10.6. The van der Waals surface area contributed by atoms with Crippen molar-refractivity contribution in [2.75, 3.05) is 40.3 Å². The molecule has 1 spiro atoms. The maximum atomic E-state index is 12.7. The molecule has 1 aliphatic heterocycles. The van der Waals surface area contributed by atoms with Crippen molar-refractivity contribution in [3.63, 3.8) is 0 Å². The third-order valence-electron chi connectivity index (χ3n) is 6.83. The molecule has 2 aliphatic carbocycles. The standard InChI is InChI=1S/C22H32N4O3/c1-25-7-9-26(10-8-25)20(27)17-11-22(12-17)13-18(14-22)24-21(28)23-15-16-3-5-19(29-2)6-4-16/h3-6,17-18H,7-15H2,1-2H3,(H2,23,24,28). The van der Waals surface area contributed by atoms with Gasteiger partial charge >= 0.3 is 6.03 Å². The van der Waals surface area contributed by atoms with Crippen LogP contribution in [-0.4, -0.2) is 68.1 Å². The largest absolute Gasteiger partial charge is 0.497 e. The van der Waals surface area contributed by atoms with Gasteiger partial charge in [0.15, 0.2) is 0 Å². The van der Waals surface area contributed by atoms with Gasteiger partial charge in [-0.1, -0.05) is 12.1 Å². The summed E-state index contributed by atoms with van der Waals surface area (Å²) in [6.07, 6.45) is 3.97. The molecule has 0 radical (unpaired) electrons. The summed E-state index contributed by atoms with van der Waals surface area (Å²) in [5.41, 5.74) is 1.33. The predicted molar refractivity (Wildman–Crippen MR) is 111 cm³/mol. The van der Waals surface area contributed by atoms with E-state index in [0.717, 1.165) is 63.2 Å². The molecule has 1 aromatic rings. The van der Waals surface area contributed by atoms with E-state index < -0.39 is 0 Å². The van der Waals surface area contributed by atoms with Crippen molar-refractivity contribution in [1.82, 2.24) is 20.4 Å². The fraction of sp³-hybridized carbons (Fsp3) is 0.636. The molecular weight excluding hydrogens is 368 g/mol. The van der Waals surface area contributed by atoms with E-state index in [0.29, 0.717) is 17.9 Å². The number of nitrogens with zero attached hydrogens (tertiary/aromatic N) is 2. The summed E-state index contributed by atoms with van der Waals surface area (Å²) in [7, 11) is 3.74. The molecule has 7 nitrogen and oxygen atoms in total. The number of hydrogen-bond donors (Lipinski definition) is 2. The van der Waals surface area contributed by atoms with Crippen LogP contribution in [0.1, 0.15) is 31.2 Å². The first kappa shape index (κ1) is 20.0. The molecule has 7 heteroatoms. The second-order valence-electron chi connectivity index (χ2n) is 9.01. The number of benzene rings is 1. The van der Waals surface area contributed by atoms with Crippen molar-refractivity contribution in [2.24, 2.45) is 11.3 Å². The normalized spacial score (nSPS) is 29.0. The number of carbonyl (C=O) groups excluding carboxylic acids is 2. The number of piperazine rings is 1. The van der Waals surface area contributed by atoms with Gasteiger partial charge in [0.25, 0.3) is 0 Å². The van der Waals surface area contributed by atoms with Gasteiger partial charge in [-0.05, 0) is 55.8 Å². The van der Waals surface area contributed by atoms with E-state index in [9.17, 15) is 9.59 Å². The molecule has 3 amide bonds. The molecule has 0 aromatic heterocycles. The zero-order valence-corrected chi connectivity index (χ0v) is 17.4. The molecule has 3 fully saturated rings. The third-order valence-corrected chi connectivity index (χ3v) is 6.83. The van der Waals surface area contributed by atoms with Crippen LogP contribution in [0, 0.1) is 11.3 Å². The smallest absolute Gasteiger partial charge is 0.315 e. The van der Waals surface area contributed by atoms with E-state index in [1.54, 1.807) is 7.11 Å². The van der Waals surface area contributed by atoms with E-state index in [4.69, 9.17) is 4.74 Å². The van der Waals surface area contributed by atoms with Crippen molar-refractivity contribution in [1.29, 1.82) is 0 Å². The highest BCUT2D eigenvalue weighted by atomic mass is 16.5. The maximum absolute atomic E-state index is 12.7. The number of likely N-dealkylation sites (N-methyl/N-ethyl adjacent to an activating group) is 1. The summed E-state index contributed by atoms with van der Waals surface area (Å²) in [5, 5.41) is 5.99. The van der Waals surface area contributed by atoms with Crippen LogP contribution in [-0.2, 0) is 11.3 Å². The summed E-state index contributed by atoms with van der Waals surface area (Å²) >= 11 is 0. The van der Waals surface area contributed by atoms with E-state index in [-0.39, 0.29) is 18.0 Å². The number of ether oxygens (including phenoxy) is 1. The van der Waals surface area contributed by atoms with E-state index in [2.05, 4.69) is 22.6 Å². The maximum Gasteiger partial charge on any atom is 0.315 e. The highest BCUT2D eigenvalue weighted by Gasteiger charge is 2.55. The molecule has 4 rings (SSSR count). The van der Waals surface area contributed by atoms with E-state index in [1.807, 2.05) is 29.2 Å². The first-order chi connectivity index (χ1) is 14.0. The molecule has 0 atom stereocenters. The quantitative estimate of drug-likeness (QED) is 0.791. The molecule has 1 aromatic carbocycles. The fourth-order valence-corrected chi connectivity index (χ4v) is 5.03. The Balaban J connectivity index is 1.13. The lowest BCUT2D eigenvalue weighted by molar-refractivity contribution is -0.150. The Bertz CT molecular complexity index is 729. The average Bonchev–Trinajstić information content (AvgIpc) is 2.67. The van der Waals surface area contributed by atoms with Crippen LogP contribution >= 0.6 is 0 Å². The molecule has 2 saturated carbocycles. The minimum absolute atomic E-state index is 0.120. The van der Waals surface area contributed by atoms with Gasteiger partial charge in [-0.3, -0.25) is 4.79 Å². The Kier molecular flexibility index (Phi) is 5.67. The van der Waals surface area contributed by atoms with Crippen LogP contribution in [0.15, 0.2) is 24.3 Å². The Morgan fingerprint density at radius 2 is 1.72 bits per heavy atom. The summed E-state index contributed by atoms with van der Waals surface area (Å²) < 4.78 is 5.14. The second kappa shape index (κ2) is 8.22. The van der Waals surface area contributed by atoms with Crippen LogP contribution in [0.2, 0.25) is 0 Å². The molecule has 0 bridgehead atoms. The zero-order chi connectivity index (χ0) is 20.4. The SMILES string of the molecule is COc1ccc(CNC(=O)NC2CC3(C2)CC(C(=O)N2CCN(C)CC2)C3)cc1. The molecule has 2 N–H and O–H groups in total. The lowest BCUT2D eigenvalue weighted by atomic mass is 9.50. The van der Waals surface area contributed by atoms with Crippen molar-refractivity contribution >= 4 is 11.9 Å².